The molecule has 0 saturated carbocycles. The molecule has 5 heteroatoms. The maximum Gasteiger partial charge on any atom is 0.262 e. The number of carbonyl (C=O) groups excluding carboxylic acids is 1. The topological polar surface area (TPSA) is 51.2 Å². The summed E-state index contributed by atoms with van der Waals surface area (Å²) in [6, 6.07) is 11.7. The quantitative estimate of drug-likeness (QED) is 0.644. The highest BCUT2D eigenvalue weighted by Gasteiger charge is 2.24. The second-order valence-electron chi connectivity index (χ2n) is 4.52. The summed E-state index contributed by atoms with van der Waals surface area (Å²) in [5, 5.41) is 0. The van der Waals surface area contributed by atoms with E-state index in [-0.39, 0.29) is 16.2 Å². The van der Waals surface area contributed by atoms with Gasteiger partial charge in [0.1, 0.15) is 0 Å². The maximum atomic E-state index is 12.5. The summed E-state index contributed by atoms with van der Waals surface area (Å²) < 4.78 is 23.6. The first-order valence-electron chi connectivity index (χ1n) is 5.97. The number of benzene rings is 2. The Bertz CT molecular complexity index is 765. The third-order valence-electron chi connectivity index (χ3n) is 3.20. The zero-order chi connectivity index (χ0) is 14.9. The maximum absolute atomic E-state index is 12.5. The van der Waals surface area contributed by atoms with Crippen molar-refractivity contribution >= 4 is 25.5 Å². The molecular weight excluding hydrogens is 296 g/mol. The molecule has 0 radical (unpaired) electrons. The number of halogens is 1. The molecule has 2 rings (SSSR count). The molecule has 0 aliphatic carbocycles. The van der Waals surface area contributed by atoms with Crippen LogP contribution in [0.5, 0.6) is 0 Å². The molecular formula is C15H13ClO3S. The van der Waals surface area contributed by atoms with Gasteiger partial charge in [0, 0.05) is 21.8 Å². The zero-order valence-electron chi connectivity index (χ0n) is 11.1. The first kappa shape index (κ1) is 14.8. The molecule has 0 heterocycles. The van der Waals surface area contributed by atoms with Crippen molar-refractivity contribution in [3.8, 4) is 0 Å². The molecule has 0 spiro atoms. The second-order valence-corrected chi connectivity index (χ2v) is 7.02. The average Bonchev–Trinajstić information content (AvgIpc) is 2.40. The first-order chi connectivity index (χ1) is 9.32. The van der Waals surface area contributed by atoms with Gasteiger partial charge in [0.05, 0.1) is 4.90 Å². The second kappa shape index (κ2) is 5.38. The molecule has 0 aliphatic rings. The van der Waals surface area contributed by atoms with E-state index < -0.39 is 9.05 Å². The fraction of sp³-hybridized carbons (Fsp3) is 0.133. The molecule has 0 unspecified atom stereocenters. The van der Waals surface area contributed by atoms with Crippen LogP contribution in [0.15, 0.2) is 47.4 Å². The van der Waals surface area contributed by atoms with Gasteiger partial charge in [-0.05, 0) is 31.0 Å². The van der Waals surface area contributed by atoms with E-state index in [0.29, 0.717) is 11.1 Å². The Morgan fingerprint density at radius 3 is 2.15 bits per heavy atom. The third-order valence-corrected chi connectivity index (χ3v) is 4.68. The summed E-state index contributed by atoms with van der Waals surface area (Å²) in [6.45, 7) is 3.42. The van der Waals surface area contributed by atoms with Crippen LogP contribution in [-0.2, 0) is 9.05 Å². The van der Waals surface area contributed by atoms with E-state index in [1.165, 1.54) is 6.07 Å². The molecule has 20 heavy (non-hydrogen) atoms. The van der Waals surface area contributed by atoms with E-state index in [1.807, 2.05) is 0 Å². The Morgan fingerprint density at radius 2 is 1.60 bits per heavy atom. The molecule has 0 amide bonds. The predicted molar refractivity (Wildman–Crippen MR) is 78.8 cm³/mol. The van der Waals surface area contributed by atoms with Gasteiger partial charge in [-0.25, -0.2) is 8.42 Å². The zero-order valence-corrected chi connectivity index (χ0v) is 12.6. The van der Waals surface area contributed by atoms with Crippen LogP contribution in [0.1, 0.15) is 27.0 Å². The van der Waals surface area contributed by atoms with E-state index >= 15 is 0 Å². The summed E-state index contributed by atoms with van der Waals surface area (Å²) in [4.78, 5) is 12.4. The van der Waals surface area contributed by atoms with Crippen LogP contribution in [0.3, 0.4) is 0 Å². The van der Waals surface area contributed by atoms with E-state index in [9.17, 15) is 13.2 Å². The Morgan fingerprint density at radius 1 is 1.00 bits per heavy atom. The predicted octanol–water partition coefficient (Wildman–Crippen LogP) is 3.46. The highest BCUT2D eigenvalue weighted by atomic mass is 35.7. The van der Waals surface area contributed by atoms with Gasteiger partial charge in [-0.1, -0.05) is 36.4 Å². The van der Waals surface area contributed by atoms with Crippen LogP contribution >= 0.6 is 10.7 Å². The van der Waals surface area contributed by atoms with Gasteiger partial charge in [0.15, 0.2) is 5.78 Å². The number of carbonyl (C=O) groups is 1. The standard InChI is InChI=1S/C15H13ClO3S/c1-10-8-9-13(15(11(10)2)20(16,18)19)14(17)12-6-4-3-5-7-12/h3-9H,1-2H3. The summed E-state index contributed by atoms with van der Waals surface area (Å²) >= 11 is 0. The Balaban J connectivity index is 2.70. The van der Waals surface area contributed by atoms with Crippen molar-refractivity contribution in [2.24, 2.45) is 0 Å². The van der Waals surface area contributed by atoms with Crippen LogP contribution in [0, 0.1) is 13.8 Å². The van der Waals surface area contributed by atoms with Crippen molar-refractivity contribution in [3.63, 3.8) is 0 Å². The van der Waals surface area contributed by atoms with Gasteiger partial charge in [0.2, 0.25) is 0 Å². The third kappa shape index (κ3) is 2.76. The number of rotatable bonds is 3. The fourth-order valence-corrected chi connectivity index (χ4v) is 3.57. The summed E-state index contributed by atoms with van der Waals surface area (Å²) in [5.41, 5.74) is 1.81. The minimum absolute atomic E-state index is 0.104. The lowest BCUT2D eigenvalue weighted by Crippen LogP contribution is -2.10. The van der Waals surface area contributed by atoms with Gasteiger partial charge in [-0.15, -0.1) is 0 Å². The molecule has 0 bridgehead atoms. The first-order valence-corrected chi connectivity index (χ1v) is 8.28. The lowest BCUT2D eigenvalue weighted by atomic mass is 9.99. The molecule has 2 aromatic rings. The van der Waals surface area contributed by atoms with Crippen LogP contribution in [0.2, 0.25) is 0 Å². The molecule has 104 valence electrons. The molecule has 0 saturated heterocycles. The summed E-state index contributed by atoms with van der Waals surface area (Å²) in [5.74, 6) is -0.354. The van der Waals surface area contributed by atoms with Crippen molar-refractivity contribution in [2.45, 2.75) is 18.7 Å². The van der Waals surface area contributed by atoms with Crippen LogP contribution in [0.25, 0.3) is 0 Å². The minimum Gasteiger partial charge on any atom is -0.289 e. The molecule has 0 aromatic heterocycles. The van der Waals surface area contributed by atoms with Gasteiger partial charge >= 0.3 is 0 Å². The Labute approximate surface area is 122 Å². The number of ketones is 1. The van der Waals surface area contributed by atoms with E-state index in [2.05, 4.69) is 0 Å². The average molecular weight is 309 g/mol. The van der Waals surface area contributed by atoms with Gasteiger partial charge in [0.25, 0.3) is 9.05 Å². The van der Waals surface area contributed by atoms with Gasteiger partial charge in [-0.2, -0.15) is 0 Å². The van der Waals surface area contributed by atoms with Crippen molar-refractivity contribution in [1.82, 2.24) is 0 Å². The lowest BCUT2D eigenvalue weighted by Gasteiger charge is -2.11. The van der Waals surface area contributed by atoms with Crippen LogP contribution < -0.4 is 0 Å². The lowest BCUT2D eigenvalue weighted by molar-refractivity contribution is 0.103. The SMILES string of the molecule is Cc1ccc(C(=O)c2ccccc2)c(S(=O)(=O)Cl)c1C. The van der Waals surface area contributed by atoms with Gasteiger partial charge in [-0.3, -0.25) is 4.79 Å². The normalized spacial score (nSPS) is 11.3. The molecule has 3 nitrogen and oxygen atoms in total. The van der Waals surface area contributed by atoms with E-state index in [1.54, 1.807) is 50.2 Å². The molecule has 0 aliphatic heterocycles. The molecule has 0 atom stereocenters. The van der Waals surface area contributed by atoms with Crippen molar-refractivity contribution in [1.29, 1.82) is 0 Å². The highest BCUT2D eigenvalue weighted by molar-refractivity contribution is 8.13. The minimum atomic E-state index is -3.99. The van der Waals surface area contributed by atoms with Crippen LogP contribution in [0.4, 0.5) is 0 Å². The molecule has 0 N–H and O–H groups in total. The van der Waals surface area contributed by atoms with Gasteiger partial charge < -0.3 is 0 Å². The van der Waals surface area contributed by atoms with Crippen molar-refractivity contribution < 1.29 is 13.2 Å². The highest BCUT2D eigenvalue weighted by Crippen LogP contribution is 2.28. The van der Waals surface area contributed by atoms with Crippen LogP contribution in [-0.4, -0.2) is 14.2 Å². The Kier molecular flexibility index (Phi) is 3.97. The largest absolute Gasteiger partial charge is 0.289 e. The number of hydrogen-bond donors (Lipinski definition) is 0. The number of hydrogen-bond acceptors (Lipinski definition) is 3. The fourth-order valence-electron chi connectivity index (χ4n) is 2.03. The summed E-state index contributed by atoms with van der Waals surface area (Å²) in [6.07, 6.45) is 0. The van der Waals surface area contributed by atoms with E-state index in [4.69, 9.17) is 10.7 Å². The number of aryl methyl sites for hydroxylation is 1. The monoisotopic (exact) mass is 308 g/mol. The summed E-state index contributed by atoms with van der Waals surface area (Å²) in [7, 11) is 1.50. The molecule has 2 aromatic carbocycles. The smallest absolute Gasteiger partial charge is 0.262 e. The molecule has 0 fully saturated rings. The van der Waals surface area contributed by atoms with Crippen molar-refractivity contribution in [2.75, 3.05) is 0 Å². The Hall–Kier alpha value is -1.65. The van der Waals surface area contributed by atoms with Crippen molar-refractivity contribution in [3.05, 3.63) is 64.7 Å². The van der Waals surface area contributed by atoms with E-state index in [0.717, 1.165) is 5.56 Å².